The van der Waals surface area contributed by atoms with Crippen molar-refractivity contribution in [2.45, 2.75) is 37.1 Å². The van der Waals surface area contributed by atoms with E-state index in [1.54, 1.807) is 0 Å². The van der Waals surface area contributed by atoms with Crippen LogP contribution in [0.25, 0.3) is 0 Å². The van der Waals surface area contributed by atoms with E-state index in [0.29, 0.717) is 0 Å². The van der Waals surface area contributed by atoms with Gasteiger partial charge in [0.1, 0.15) is 30.2 Å². The molecule has 5 unspecified atom stereocenters. The molecule has 1 aliphatic rings. The van der Waals surface area contributed by atoms with Crippen molar-refractivity contribution in [1.82, 2.24) is 0 Å². The quantitative estimate of drug-likeness (QED) is 0.615. The number of rotatable bonds is 4. The lowest BCUT2D eigenvalue weighted by atomic mass is 9.99. The summed E-state index contributed by atoms with van der Waals surface area (Å²) in [5, 5.41) is 38.0. The molecule has 2 rings (SSSR count). The van der Waals surface area contributed by atoms with E-state index in [0.717, 1.165) is 12.1 Å². The summed E-state index contributed by atoms with van der Waals surface area (Å²) >= 11 is 0. The van der Waals surface area contributed by atoms with Gasteiger partial charge in [0.15, 0.2) is 0 Å². The molecule has 1 aliphatic heterocycles. The number of aliphatic hydroxyl groups is 4. The number of hydrogen-bond acceptors (Lipinski definition) is 6. The van der Waals surface area contributed by atoms with E-state index in [2.05, 4.69) is 0 Å². The van der Waals surface area contributed by atoms with Crippen molar-refractivity contribution in [2.24, 2.45) is 0 Å². The van der Waals surface area contributed by atoms with Gasteiger partial charge in [0.2, 0.25) is 6.29 Å². The third-order valence-electron chi connectivity index (χ3n) is 3.23. The van der Waals surface area contributed by atoms with E-state index in [1.807, 2.05) is 0 Å². The topological polar surface area (TPSA) is 99.4 Å². The number of hydrogen-bond donors (Lipinski definition) is 4. The monoisotopic (exact) mass is 306 g/mol. The zero-order valence-electron chi connectivity index (χ0n) is 10.8. The predicted octanol–water partition coefficient (Wildman–Crippen LogP) is -0.197. The Bertz CT molecular complexity index is 452. The normalized spacial score (nSPS) is 33.2. The molecular formula is C13H16F2O6. The first-order chi connectivity index (χ1) is 9.93. The third-order valence-corrected chi connectivity index (χ3v) is 3.23. The van der Waals surface area contributed by atoms with Gasteiger partial charge in [-0.25, -0.2) is 8.78 Å². The van der Waals surface area contributed by atoms with Gasteiger partial charge in [0, 0.05) is 5.56 Å². The Morgan fingerprint density at radius 3 is 2.19 bits per heavy atom. The summed E-state index contributed by atoms with van der Waals surface area (Å²) in [6.07, 6.45) is -9.61. The SMILES string of the molecule is OCC1OC(Oc2ccc(C(F)F)cc2)C(O)C(O)C1O. The summed E-state index contributed by atoms with van der Waals surface area (Å²) in [6, 6.07) is 4.85. The molecule has 0 bridgehead atoms. The second kappa shape index (κ2) is 6.63. The Morgan fingerprint density at radius 2 is 1.67 bits per heavy atom. The molecule has 21 heavy (non-hydrogen) atoms. The zero-order valence-corrected chi connectivity index (χ0v) is 10.8. The predicted molar refractivity (Wildman–Crippen MR) is 65.8 cm³/mol. The number of ether oxygens (including phenoxy) is 2. The largest absolute Gasteiger partial charge is 0.462 e. The summed E-state index contributed by atoms with van der Waals surface area (Å²) in [5.74, 6) is 0.142. The minimum Gasteiger partial charge on any atom is -0.462 e. The van der Waals surface area contributed by atoms with Crippen molar-refractivity contribution < 1.29 is 38.7 Å². The first-order valence-electron chi connectivity index (χ1n) is 6.29. The van der Waals surface area contributed by atoms with Crippen LogP contribution in [-0.4, -0.2) is 57.7 Å². The molecule has 6 nitrogen and oxygen atoms in total. The molecule has 4 N–H and O–H groups in total. The maximum absolute atomic E-state index is 12.4. The molecule has 1 aromatic carbocycles. The van der Waals surface area contributed by atoms with E-state index in [4.69, 9.17) is 14.6 Å². The minimum absolute atomic E-state index is 0.142. The van der Waals surface area contributed by atoms with Gasteiger partial charge >= 0.3 is 0 Å². The highest BCUT2D eigenvalue weighted by Gasteiger charge is 2.44. The van der Waals surface area contributed by atoms with Crippen molar-refractivity contribution in [3.63, 3.8) is 0 Å². The fraction of sp³-hybridized carbons (Fsp3) is 0.538. The summed E-state index contributed by atoms with van der Waals surface area (Å²) in [7, 11) is 0. The second-order valence-electron chi connectivity index (χ2n) is 4.68. The highest BCUT2D eigenvalue weighted by molar-refractivity contribution is 5.28. The van der Waals surface area contributed by atoms with Crippen LogP contribution in [0.1, 0.15) is 12.0 Å². The van der Waals surface area contributed by atoms with Crippen LogP contribution in [-0.2, 0) is 4.74 Å². The molecule has 0 radical (unpaired) electrons. The van der Waals surface area contributed by atoms with E-state index in [9.17, 15) is 24.1 Å². The number of alkyl halides is 2. The lowest BCUT2D eigenvalue weighted by molar-refractivity contribution is -0.277. The Labute approximate surface area is 119 Å². The second-order valence-corrected chi connectivity index (χ2v) is 4.68. The van der Waals surface area contributed by atoms with E-state index < -0.39 is 43.7 Å². The van der Waals surface area contributed by atoms with Crippen molar-refractivity contribution in [2.75, 3.05) is 6.61 Å². The van der Waals surface area contributed by atoms with Crippen LogP contribution >= 0.6 is 0 Å². The first kappa shape index (κ1) is 16.1. The van der Waals surface area contributed by atoms with Gasteiger partial charge in [-0.2, -0.15) is 0 Å². The van der Waals surface area contributed by atoms with E-state index in [-0.39, 0.29) is 11.3 Å². The Balaban J connectivity index is 2.07. The third kappa shape index (κ3) is 3.47. The number of aliphatic hydroxyl groups excluding tert-OH is 4. The molecule has 1 heterocycles. The molecule has 0 aromatic heterocycles. The summed E-state index contributed by atoms with van der Waals surface area (Å²) in [5.41, 5.74) is -0.184. The average molecular weight is 306 g/mol. The van der Waals surface area contributed by atoms with Gasteiger partial charge in [0.25, 0.3) is 6.43 Å². The van der Waals surface area contributed by atoms with Crippen LogP contribution in [0.5, 0.6) is 5.75 Å². The van der Waals surface area contributed by atoms with Gasteiger partial charge in [-0.15, -0.1) is 0 Å². The minimum atomic E-state index is -2.61. The maximum atomic E-state index is 12.4. The van der Waals surface area contributed by atoms with Crippen LogP contribution in [0.15, 0.2) is 24.3 Å². The van der Waals surface area contributed by atoms with Crippen LogP contribution in [0, 0.1) is 0 Å². The fourth-order valence-electron chi connectivity index (χ4n) is 1.99. The Kier molecular flexibility index (Phi) is 5.07. The van der Waals surface area contributed by atoms with Crippen molar-refractivity contribution in [3.05, 3.63) is 29.8 Å². The molecule has 8 heteroatoms. The van der Waals surface area contributed by atoms with Gasteiger partial charge in [-0.3, -0.25) is 0 Å². The summed E-state index contributed by atoms with van der Waals surface area (Å²) in [4.78, 5) is 0. The highest BCUT2D eigenvalue weighted by Crippen LogP contribution is 2.26. The molecule has 1 aromatic rings. The smallest absolute Gasteiger partial charge is 0.263 e. The van der Waals surface area contributed by atoms with Gasteiger partial charge in [-0.05, 0) is 24.3 Å². The van der Waals surface area contributed by atoms with Gasteiger partial charge < -0.3 is 29.9 Å². The number of halogens is 2. The molecule has 5 atom stereocenters. The maximum Gasteiger partial charge on any atom is 0.263 e. The van der Waals surface area contributed by atoms with Crippen molar-refractivity contribution in [1.29, 1.82) is 0 Å². The van der Waals surface area contributed by atoms with Crippen LogP contribution in [0.2, 0.25) is 0 Å². The standard InChI is InChI=1S/C13H16F2O6/c14-12(15)6-1-3-7(4-2-6)20-13-11(19)10(18)9(17)8(5-16)21-13/h1-4,8-13,16-19H,5H2. The molecule has 0 spiro atoms. The fourth-order valence-corrected chi connectivity index (χ4v) is 1.99. The van der Waals surface area contributed by atoms with E-state index >= 15 is 0 Å². The highest BCUT2D eigenvalue weighted by atomic mass is 19.3. The lowest BCUT2D eigenvalue weighted by Crippen LogP contribution is -2.60. The summed E-state index contributed by atoms with van der Waals surface area (Å²) in [6.45, 7) is -0.574. The van der Waals surface area contributed by atoms with E-state index in [1.165, 1.54) is 12.1 Å². The zero-order chi connectivity index (χ0) is 15.6. The molecule has 0 aliphatic carbocycles. The first-order valence-corrected chi connectivity index (χ1v) is 6.29. The van der Waals surface area contributed by atoms with Gasteiger partial charge in [-0.1, -0.05) is 0 Å². The average Bonchev–Trinajstić information content (AvgIpc) is 2.48. The Hall–Kier alpha value is -1.32. The number of benzene rings is 1. The van der Waals surface area contributed by atoms with Gasteiger partial charge in [0.05, 0.1) is 6.61 Å². The molecule has 0 saturated carbocycles. The molecule has 1 saturated heterocycles. The molecule has 1 fully saturated rings. The van der Waals surface area contributed by atoms with Crippen LogP contribution < -0.4 is 4.74 Å². The molecule has 0 amide bonds. The van der Waals surface area contributed by atoms with Crippen LogP contribution in [0.4, 0.5) is 8.78 Å². The van der Waals surface area contributed by atoms with Crippen molar-refractivity contribution in [3.8, 4) is 5.75 Å². The summed E-state index contributed by atoms with van der Waals surface area (Å²) < 4.78 is 35.2. The van der Waals surface area contributed by atoms with Crippen molar-refractivity contribution >= 4 is 0 Å². The Morgan fingerprint density at radius 1 is 1.05 bits per heavy atom. The lowest BCUT2D eigenvalue weighted by Gasteiger charge is -2.39. The van der Waals surface area contributed by atoms with Crippen LogP contribution in [0.3, 0.4) is 0 Å². The molecule has 118 valence electrons. The molecular weight excluding hydrogens is 290 g/mol.